The maximum atomic E-state index is 10.5. The van der Waals surface area contributed by atoms with E-state index in [0.717, 1.165) is 44.8 Å². The van der Waals surface area contributed by atoms with Crippen molar-refractivity contribution < 1.29 is 4.79 Å². The molecule has 0 unspecified atom stereocenters. The third-order valence-corrected chi connectivity index (χ3v) is 3.15. The first-order valence-corrected chi connectivity index (χ1v) is 5.13. The molecule has 1 saturated carbocycles. The summed E-state index contributed by atoms with van der Waals surface area (Å²) in [6.07, 6.45) is 6.78. The van der Waals surface area contributed by atoms with Gasteiger partial charge in [-0.2, -0.15) is 5.26 Å². The van der Waals surface area contributed by atoms with Gasteiger partial charge in [-0.1, -0.05) is 13.3 Å². The number of hydrogen-bond donors (Lipinski definition) is 0. The molecule has 1 aliphatic rings. The van der Waals surface area contributed by atoms with Gasteiger partial charge in [-0.15, -0.1) is 0 Å². The molecule has 0 saturated heterocycles. The lowest BCUT2D eigenvalue weighted by Crippen LogP contribution is -2.26. The average molecular weight is 179 g/mol. The van der Waals surface area contributed by atoms with Crippen LogP contribution in [-0.4, -0.2) is 6.29 Å². The largest absolute Gasteiger partial charge is 0.303 e. The standard InChI is InChI=1S/C11H17NO/c1-2-5-11(9-12)6-3-10(8-13)4-7-11/h8,10H,2-7H2,1H3. The minimum absolute atomic E-state index is 0.103. The molecule has 0 amide bonds. The van der Waals surface area contributed by atoms with Crippen LogP contribution in [0.25, 0.3) is 0 Å². The van der Waals surface area contributed by atoms with Gasteiger partial charge in [0.2, 0.25) is 0 Å². The van der Waals surface area contributed by atoms with Crippen LogP contribution in [0.3, 0.4) is 0 Å². The number of carbonyl (C=O) groups is 1. The van der Waals surface area contributed by atoms with Crippen LogP contribution in [0.4, 0.5) is 0 Å². The number of aldehydes is 1. The van der Waals surface area contributed by atoms with E-state index in [4.69, 9.17) is 5.26 Å². The third kappa shape index (κ3) is 2.30. The van der Waals surface area contributed by atoms with E-state index in [-0.39, 0.29) is 11.3 Å². The normalized spacial score (nSPS) is 33.7. The molecular formula is C11H17NO. The molecule has 0 atom stereocenters. The topological polar surface area (TPSA) is 40.9 Å². The SMILES string of the molecule is CCCC1(C#N)CCC(C=O)CC1. The summed E-state index contributed by atoms with van der Waals surface area (Å²) in [6.45, 7) is 2.12. The zero-order chi connectivity index (χ0) is 9.73. The molecule has 0 aromatic heterocycles. The first-order chi connectivity index (χ1) is 6.26. The van der Waals surface area contributed by atoms with Gasteiger partial charge < -0.3 is 4.79 Å². The van der Waals surface area contributed by atoms with E-state index in [1.165, 1.54) is 0 Å². The smallest absolute Gasteiger partial charge is 0.123 e. The van der Waals surface area contributed by atoms with Crippen LogP contribution >= 0.6 is 0 Å². The molecule has 0 aromatic carbocycles. The molecule has 13 heavy (non-hydrogen) atoms. The van der Waals surface area contributed by atoms with Crippen LogP contribution in [0.15, 0.2) is 0 Å². The van der Waals surface area contributed by atoms with Gasteiger partial charge in [0.1, 0.15) is 6.29 Å². The molecule has 0 bridgehead atoms. The molecule has 0 aliphatic heterocycles. The van der Waals surface area contributed by atoms with Crippen molar-refractivity contribution in [3.8, 4) is 6.07 Å². The molecule has 2 nitrogen and oxygen atoms in total. The van der Waals surface area contributed by atoms with E-state index in [0.29, 0.717) is 0 Å². The molecular weight excluding hydrogens is 162 g/mol. The Kier molecular flexibility index (Phi) is 3.48. The third-order valence-electron chi connectivity index (χ3n) is 3.15. The number of rotatable bonds is 3. The van der Waals surface area contributed by atoms with Crippen molar-refractivity contribution in [1.29, 1.82) is 5.26 Å². The summed E-state index contributed by atoms with van der Waals surface area (Å²) in [4.78, 5) is 10.5. The Hall–Kier alpha value is -0.840. The van der Waals surface area contributed by atoms with Crippen LogP contribution in [0.2, 0.25) is 0 Å². The minimum atomic E-state index is -0.103. The number of carbonyl (C=O) groups excluding carboxylic acids is 1. The lowest BCUT2D eigenvalue weighted by molar-refractivity contribution is -0.112. The first-order valence-electron chi connectivity index (χ1n) is 5.13. The molecule has 2 heteroatoms. The second-order valence-corrected chi connectivity index (χ2v) is 4.12. The Morgan fingerprint density at radius 1 is 1.54 bits per heavy atom. The monoisotopic (exact) mass is 179 g/mol. The average Bonchev–Trinajstić information content (AvgIpc) is 2.19. The van der Waals surface area contributed by atoms with Crippen molar-refractivity contribution in [2.75, 3.05) is 0 Å². The predicted molar refractivity (Wildman–Crippen MR) is 51.0 cm³/mol. The number of hydrogen-bond acceptors (Lipinski definition) is 2. The van der Waals surface area contributed by atoms with Crippen LogP contribution in [0.1, 0.15) is 45.4 Å². The lowest BCUT2D eigenvalue weighted by Gasteiger charge is -2.32. The molecule has 1 fully saturated rings. The Labute approximate surface area is 79.9 Å². The van der Waals surface area contributed by atoms with Crippen molar-refractivity contribution >= 4 is 6.29 Å². The van der Waals surface area contributed by atoms with Gasteiger partial charge in [0.15, 0.2) is 0 Å². The zero-order valence-corrected chi connectivity index (χ0v) is 8.25. The van der Waals surface area contributed by atoms with Crippen LogP contribution in [-0.2, 0) is 4.79 Å². The summed E-state index contributed by atoms with van der Waals surface area (Å²) < 4.78 is 0. The van der Waals surface area contributed by atoms with Crippen LogP contribution in [0, 0.1) is 22.7 Å². The van der Waals surface area contributed by atoms with Crippen LogP contribution < -0.4 is 0 Å². The van der Waals surface area contributed by atoms with E-state index >= 15 is 0 Å². The summed E-state index contributed by atoms with van der Waals surface area (Å²) in [7, 11) is 0. The van der Waals surface area contributed by atoms with Crippen molar-refractivity contribution in [2.24, 2.45) is 11.3 Å². The number of nitriles is 1. The van der Waals surface area contributed by atoms with E-state index in [2.05, 4.69) is 13.0 Å². The molecule has 0 spiro atoms. The van der Waals surface area contributed by atoms with E-state index in [1.807, 2.05) is 0 Å². The lowest BCUT2D eigenvalue weighted by atomic mass is 9.69. The highest BCUT2D eigenvalue weighted by Crippen LogP contribution is 2.41. The second kappa shape index (κ2) is 4.41. The fraction of sp³-hybridized carbons (Fsp3) is 0.818. The molecule has 0 radical (unpaired) electrons. The van der Waals surface area contributed by atoms with Gasteiger partial charge in [-0.3, -0.25) is 0 Å². The van der Waals surface area contributed by atoms with Gasteiger partial charge in [0, 0.05) is 5.92 Å². The van der Waals surface area contributed by atoms with Crippen LogP contribution in [0.5, 0.6) is 0 Å². The number of nitrogens with zero attached hydrogens (tertiary/aromatic N) is 1. The fourth-order valence-corrected chi connectivity index (χ4v) is 2.23. The van der Waals surface area contributed by atoms with E-state index in [9.17, 15) is 4.79 Å². The molecule has 0 N–H and O–H groups in total. The van der Waals surface area contributed by atoms with Crippen molar-refractivity contribution in [3.05, 3.63) is 0 Å². The van der Waals surface area contributed by atoms with Crippen molar-refractivity contribution in [1.82, 2.24) is 0 Å². The Morgan fingerprint density at radius 2 is 2.15 bits per heavy atom. The van der Waals surface area contributed by atoms with Crippen molar-refractivity contribution in [3.63, 3.8) is 0 Å². The second-order valence-electron chi connectivity index (χ2n) is 4.12. The molecule has 0 heterocycles. The fourth-order valence-electron chi connectivity index (χ4n) is 2.23. The molecule has 0 aromatic rings. The maximum Gasteiger partial charge on any atom is 0.123 e. The Balaban J connectivity index is 2.53. The highest BCUT2D eigenvalue weighted by molar-refractivity contribution is 5.53. The van der Waals surface area contributed by atoms with Crippen molar-refractivity contribution in [2.45, 2.75) is 45.4 Å². The predicted octanol–water partition coefficient (Wildman–Crippen LogP) is 2.69. The zero-order valence-electron chi connectivity index (χ0n) is 8.25. The Morgan fingerprint density at radius 3 is 2.54 bits per heavy atom. The van der Waals surface area contributed by atoms with Gasteiger partial charge in [0.25, 0.3) is 0 Å². The van der Waals surface area contributed by atoms with Gasteiger partial charge >= 0.3 is 0 Å². The van der Waals surface area contributed by atoms with Gasteiger partial charge in [-0.05, 0) is 32.1 Å². The molecule has 1 aliphatic carbocycles. The summed E-state index contributed by atoms with van der Waals surface area (Å²) >= 11 is 0. The summed E-state index contributed by atoms with van der Waals surface area (Å²) in [5.74, 6) is 0.221. The summed E-state index contributed by atoms with van der Waals surface area (Å²) in [6, 6.07) is 2.45. The molecule has 72 valence electrons. The first kappa shape index (κ1) is 10.2. The quantitative estimate of drug-likeness (QED) is 0.625. The summed E-state index contributed by atoms with van der Waals surface area (Å²) in [5.41, 5.74) is -0.103. The highest BCUT2D eigenvalue weighted by Gasteiger charge is 2.34. The minimum Gasteiger partial charge on any atom is -0.303 e. The van der Waals surface area contributed by atoms with E-state index in [1.54, 1.807) is 0 Å². The van der Waals surface area contributed by atoms with Gasteiger partial charge in [-0.25, -0.2) is 0 Å². The highest BCUT2D eigenvalue weighted by atomic mass is 16.1. The van der Waals surface area contributed by atoms with Gasteiger partial charge in [0.05, 0.1) is 11.5 Å². The molecule has 1 rings (SSSR count). The van der Waals surface area contributed by atoms with E-state index < -0.39 is 0 Å². The maximum absolute atomic E-state index is 10.5. The summed E-state index contributed by atoms with van der Waals surface area (Å²) in [5, 5.41) is 9.09. The Bertz CT molecular complexity index is 209.